The van der Waals surface area contributed by atoms with Crippen molar-refractivity contribution < 1.29 is 4.79 Å². The number of carbonyl (C=O) groups is 1. The van der Waals surface area contributed by atoms with Crippen molar-refractivity contribution in [3.05, 3.63) is 63.2 Å². The quantitative estimate of drug-likeness (QED) is 0.628. The number of thiazole rings is 1. The lowest BCUT2D eigenvalue weighted by molar-refractivity contribution is 0.0750. The van der Waals surface area contributed by atoms with Crippen LogP contribution in [0.3, 0.4) is 0 Å². The number of amides is 1. The summed E-state index contributed by atoms with van der Waals surface area (Å²) in [5.41, 5.74) is 4.53. The van der Waals surface area contributed by atoms with Crippen molar-refractivity contribution in [2.75, 3.05) is 36.4 Å². The summed E-state index contributed by atoms with van der Waals surface area (Å²) >= 11 is 7.24. The number of nitrogens with zero attached hydrogens (tertiary/aromatic N) is 4. The first-order valence-corrected chi connectivity index (χ1v) is 11.1. The van der Waals surface area contributed by atoms with Crippen LogP contribution in [0.15, 0.2) is 36.5 Å². The lowest BCUT2D eigenvalue weighted by atomic mass is 10.1. The van der Waals surface area contributed by atoms with Crippen LogP contribution in [0.4, 0.5) is 16.6 Å². The summed E-state index contributed by atoms with van der Waals surface area (Å²) in [7, 11) is 0. The maximum atomic E-state index is 13.1. The van der Waals surface area contributed by atoms with E-state index in [4.69, 9.17) is 11.6 Å². The smallest absolute Gasteiger partial charge is 0.266 e. The van der Waals surface area contributed by atoms with Gasteiger partial charge in [-0.25, -0.2) is 9.97 Å². The molecule has 1 aliphatic heterocycles. The first kappa shape index (κ1) is 20.6. The third kappa shape index (κ3) is 4.42. The summed E-state index contributed by atoms with van der Waals surface area (Å²) in [5.74, 6) is 0.691. The van der Waals surface area contributed by atoms with E-state index in [2.05, 4.69) is 52.2 Å². The molecule has 156 valence electrons. The average molecular weight is 442 g/mol. The van der Waals surface area contributed by atoms with Gasteiger partial charge in [-0.2, -0.15) is 0 Å². The first-order valence-electron chi connectivity index (χ1n) is 9.88. The standard InChI is InChI=1S/C22H24ClN5OS/c1-14-4-6-18(15(2)12-14)27-8-10-28(11-9-27)21(29)20-16(3)25-22(30-20)26-19-7-5-17(23)13-24-19/h4-7,12-13H,8-11H2,1-3H3,(H,24,25,26). The Labute approximate surface area is 185 Å². The molecule has 1 aromatic carbocycles. The molecule has 3 aromatic rings. The third-order valence-electron chi connectivity index (χ3n) is 5.21. The van der Waals surface area contributed by atoms with Crippen LogP contribution in [-0.4, -0.2) is 47.0 Å². The molecule has 0 spiro atoms. The van der Waals surface area contributed by atoms with Crippen LogP contribution in [0, 0.1) is 20.8 Å². The second-order valence-electron chi connectivity index (χ2n) is 7.49. The highest BCUT2D eigenvalue weighted by Gasteiger charge is 2.26. The molecule has 1 saturated heterocycles. The normalized spacial score (nSPS) is 14.1. The van der Waals surface area contributed by atoms with Crippen LogP contribution in [0.1, 0.15) is 26.5 Å². The minimum atomic E-state index is 0.0439. The van der Waals surface area contributed by atoms with Gasteiger partial charge in [0.1, 0.15) is 10.7 Å². The monoisotopic (exact) mass is 441 g/mol. The molecule has 1 N–H and O–H groups in total. The third-order valence-corrected chi connectivity index (χ3v) is 6.50. The molecule has 0 atom stereocenters. The van der Waals surface area contributed by atoms with Crippen molar-refractivity contribution in [2.45, 2.75) is 20.8 Å². The van der Waals surface area contributed by atoms with Crippen molar-refractivity contribution in [1.82, 2.24) is 14.9 Å². The zero-order chi connectivity index (χ0) is 21.3. The van der Waals surface area contributed by atoms with Crippen molar-refractivity contribution in [3.63, 3.8) is 0 Å². The van der Waals surface area contributed by atoms with Gasteiger partial charge in [-0.05, 0) is 44.5 Å². The Balaban J connectivity index is 1.41. The van der Waals surface area contributed by atoms with Crippen LogP contribution in [-0.2, 0) is 0 Å². The minimum absolute atomic E-state index is 0.0439. The Hall–Kier alpha value is -2.64. The number of aryl methyl sites for hydroxylation is 3. The average Bonchev–Trinajstić information content (AvgIpc) is 3.09. The lowest BCUT2D eigenvalue weighted by Crippen LogP contribution is -2.49. The van der Waals surface area contributed by atoms with E-state index in [1.807, 2.05) is 11.8 Å². The van der Waals surface area contributed by atoms with Gasteiger partial charge in [0, 0.05) is 38.1 Å². The molecule has 0 aliphatic carbocycles. The summed E-state index contributed by atoms with van der Waals surface area (Å²) in [6.07, 6.45) is 1.58. The molecule has 0 unspecified atom stereocenters. The predicted molar refractivity (Wildman–Crippen MR) is 123 cm³/mol. The summed E-state index contributed by atoms with van der Waals surface area (Å²) in [4.78, 5) is 26.8. The summed E-state index contributed by atoms with van der Waals surface area (Å²) in [5, 5.41) is 4.38. The van der Waals surface area contributed by atoms with E-state index in [0.29, 0.717) is 33.9 Å². The molecule has 1 fully saturated rings. The molecule has 1 amide bonds. The van der Waals surface area contributed by atoms with E-state index >= 15 is 0 Å². The van der Waals surface area contributed by atoms with E-state index in [9.17, 15) is 4.79 Å². The lowest BCUT2D eigenvalue weighted by Gasteiger charge is -2.36. The number of rotatable bonds is 4. The Morgan fingerprint density at radius 2 is 1.87 bits per heavy atom. The fourth-order valence-corrected chi connectivity index (χ4v) is 4.71. The fourth-order valence-electron chi connectivity index (χ4n) is 3.66. The molecule has 30 heavy (non-hydrogen) atoms. The number of halogens is 1. The minimum Gasteiger partial charge on any atom is -0.368 e. The Morgan fingerprint density at radius 3 is 2.53 bits per heavy atom. The Morgan fingerprint density at radius 1 is 1.10 bits per heavy atom. The van der Waals surface area contributed by atoms with Gasteiger partial charge in [0.15, 0.2) is 5.13 Å². The zero-order valence-electron chi connectivity index (χ0n) is 17.3. The molecule has 0 saturated carbocycles. The predicted octanol–water partition coefficient (Wildman–Crippen LogP) is 4.82. The molecule has 3 heterocycles. The second kappa shape index (κ2) is 8.62. The number of anilines is 3. The number of nitrogens with one attached hydrogen (secondary N) is 1. The molecule has 4 rings (SSSR count). The highest BCUT2D eigenvalue weighted by atomic mass is 35.5. The van der Waals surface area contributed by atoms with Gasteiger partial charge in [-0.1, -0.05) is 40.6 Å². The molecule has 0 bridgehead atoms. The molecular formula is C22H24ClN5OS. The van der Waals surface area contributed by atoms with Crippen molar-refractivity contribution in [3.8, 4) is 0 Å². The van der Waals surface area contributed by atoms with Gasteiger partial charge in [-0.15, -0.1) is 0 Å². The van der Waals surface area contributed by atoms with Crippen molar-refractivity contribution in [1.29, 1.82) is 0 Å². The highest BCUT2D eigenvalue weighted by Crippen LogP contribution is 2.28. The van der Waals surface area contributed by atoms with Gasteiger partial charge in [-0.3, -0.25) is 4.79 Å². The summed E-state index contributed by atoms with van der Waals surface area (Å²) < 4.78 is 0. The molecule has 2 aromatic heterocycles. The van der Waals surface area contributed by atoms with Crippen LogP contribution in [0.5, 0.6) is 0 Å². The molecule has 8 heteroatoms. The van der Waals surface area contributed by atoms with Crippen LogP contribution < -0.4 is 10.2 Å². The number of piperazine rings is 1. The number of hydrogen-bond acceptors (Lipinski definition) is 6. The van der Waals surface area contributed by atoms with Crippen LogP contribution in [0.25, 0.3) is 0 Å². The Kier molecular flexibility index (Phi) is 5.92. The number of carbonyl (C=O) groups excluding carboxylic acids is 1. The largest absolute Gasteiger partial charge is 0.368 e. The fraction of sp³-hybridized carbons (Fsp3) is 0.318. The molecular weight excluding hydrogens is 418 g/mol. The number of pyridine rings is 1. The molecule has 0 radical (unpaired) electrons. The SMILES string of the molecule is Cc1ccc(N2CCN(C(=O)c3sc(Nc4ccc(Cl)cn4)nc3C)CC2)c(C)c1. The van der Waals surface area contributed by atoms with Gasteiger partial charge < -0.3 is 15.1 Å². The van der Waals surface area contributed by atoms with Crippen LogP contribution >= 0.6 is 22.9 Å². The van der Waals surface area contributed by atoms with Gasteiger partial charge in [0.2, 0.25) is 0 Å². The molecule has 1 aliphatic rings. The second-order valence-corrected chi connectivity index (χ2v) is 8.92. The van der Waals surface area contributed by atoms with Crippen LogP contribution in [0.2, 0.25) is 5.02 Å². The van der Waals surface area contributed by atoms with E-state index in [0.717, 1.165) is 18.8 Å². The van der Waals surface area contributed by atoms with Crippen molar-refractivity contribution in [2.24, 2.45) is 0 Å². The van der Waals surface area contributed by atoms with Gasteiger partial charge in [0.25, 0.3) is 5.91 Å². The van der Waals surface area contributed by atoms with E-state index < -0.39 is 0 Å². The molecule has 6 nitrogen and oxygen atoms in total. The first-order chi connectivity index (χ1) is 14.4. The number of benzene rings is 1. The number of hydrogen-bond donors (Lipinski definition) is 1. The Bertz CT molecular complexity index is 1060. The van der Waals surface area contributed by atoms with E-state index in [-0.39, 0.29) is 5.91 Å². The topological polar surface area (TPSA) is 61.4 Å². The summed E-state index contributed by atoms with van der Waals surface area (Å²) in [6.45, 7) is 9.17. The summed E-state index contributed by atoms with van der Waals surface area (Å²) in [6, 6.07) is 10.1. The van der Waals surface area contributed by atoms with E-state index in [1.165, 1.54) is 28.2 Å². The van der Waals surface area contributed by atoms with Gasteiger partial charge in [0.05, 0.1) is 10.7 Å². The highest BCUT2D eigenvalue weighted by molar-refractivity contribution is 7.17. The van der Waals surface area contributed by atoms with E-state index in [1.54, 1.807) is 18.3 Å². The number of aromatic nitrogens is 2. The van der Waals surface area contributed by atoms with Gasteiger partial charge >= 0.3 is 0 Å². The van der Waals surface area contributed by atoms with Crippen molar-refractivity contribution >= 4 is 45.5 Å². The maximum absolute atomic E-state index is 13.1. The zero-order valence-corrected chi connectivity index (χ0v) is 18.8. The maximum Gasteiger partial charge on any atom is 0.266 e.